The van der Waals surface area contributed by atoms with Gasteiger partial charge in [-0.25, -0.2) is 18.4 Å². The molecular formula is C24H24N8O2S. The van der Waals surface area contributed by atoms with Gasteiger partial charge in [-0.05, 0) is 53.6 Å². The minimum Gasteiger partial charge on any atom is -0.340 e. The lowest BCUT2D eigenvalue weighted by Gasteiger charge is -2.14. The first-order valence-corrected chi connectivity index (χ1v) is 13.2. The lowest BCUT2D eigenvalue weighted by atomic mass is 10.0. The first kappa shape index (κ1) is 22.8. The molecule has 35 heavy (non-hydrogen) atoms. The van der Waals surface area contributed by atoms with Crippen molar-refractivity contribution in [3.63, 3.8) is 0 Å². The van der Waals surface area contributed by atoms with Gasteiger partial charge < -0.3 is 16.4 Å². The highest BCUT2D eigenvalue weighted by Gasteiger charge is 2.27. The summed E-state index contributed by atoms with van der Waals surface area (Å²) in [5, 5.41) is 20.3. The van der Waals surface area contributed by atoms with Crippen LogP contribution in [0.2, 0.25) is 0 Å². The number of rotatable bonds is 8. The van der Waals surface area contributed by atoms with E-state index in [1.54, 1.807) is 12.3 Å². The highest BCUT2D eigenvalue weighted by Crippen LogP contribution is 2.42. The van der Waals surface area contributed by atoms with E-state index >= 15 is 0 Å². The Kier molecular flexibility index (Phi) is 5.84. The zero-order chi connectivity index (χ0) is 24.6. The molecule has 5 rings (SSSR count). The number of pyridine rings is 1. The van der Waals surface area contributed by atoms with Crippen LogP contribution in [0.5, 0.6) is 0 Å². The lowest BCUT2D eigenvalue weighted by Crippen LogP contribution is -2.07. The van der Waals surface area contributed by atoms with Crippen LogP contribution in [0.25, 0.3) is 5.65 Å². The van der Waals surface area contributed by atoms with Crippen molar-refractivity contribution in [1.29, 1.82) is 5.26 Å². The van der Waals surface area contributed by atoms with Crippen molar-refractivity contribution in [2.24, 2.45) is 5.73 Å². The number of sulfone groups is 1. The third-order valence-electron chi connectivity index (χ3n) is 5.76. The molecule has 0 bridgehead atoms. The molecule has 1 aromatic carbocycles. The monoisotopic (exact) mass is 488 g/mol. The van der Waals surface area contributed by atoms with Crippen LogP contribution < -0.4 is 16.4 Å². The predicted octanol–water partition coefficient (Wildman–Crippen LogP) is 3.36. The second-order valence-electron chi connectivity index (χ2n) is 8.70. The molecule has 0 radical (unpaired) electrons. The summed E-state index contributed by atoms with van der Waals surface area (Å²) in [4.78, 5) is 8.95. The average Bonchev–Trinajstić information content (AvgIpc) is 3.57. The summed E-state index contributed by atoms with van der Waals surface area (Å²) in [6.45, 7) is 0.395. The van der Waals surface area contributed by atoms with E-state index in [1.165, 1.54) is 17.0 Å². The Morgan fingerprint density at radius 2 is 1.97 bits per heavy atom. The fraction of sp³-hybridized carbons (Fsp3) is 0.250. The van der Waals surface area contributed by atoms with Gasteiger partial charge in [-0.2, -0.15) is 14.9 Å². The van der Waals surface area contributed by atoms with E-state index < -0.39 is 9.84 Å². The summed E-state index contributed by atoms with van der Waals surface area (Å²) in [5.41, 5.74) is 9.85. The number of hydrogen-bond acceptors (Lipinski definition) is 9. The second-order valence-corrected chi connectivity index (χ2v) is 10.8. The van der Waals surface area contributed by atoms with E-state index in [1.807, 2.05) is 30.3 Å². The van der Waals surface area contributed by atoms with E-state index in [4.69, 9.17) is 5.73 Å². The van der Waals surface area contributed by atoms with E-state index in [2.05, 4.69) is 31.8 Å². The number of hydrogen-bond donors (Lipinski definition) is 3. The molecule has 1 fully saturated rings. The molecule has 3 aromatic heterocycles. The molecule has 0 aliphatic heterocycles. The molecule has 1 saturated carbocycles. The van der Waals surface area contributed by atoms with Crippen LogP contribution in [-0.2, 0) is 22.1 Å². The van der Waals surface area contributed by atoms with E-state index in [-0.39, 0.29) is 5.75 Å². The number of aromatic nitrogens is 4. The van der Waals surface area contributed by atoms with Gasteiger partial charge in [0, 0.05) is 30.8 Å². The summed E-state index contributed by atoms with van der Waals surface area (Å²) >= 11 is 0. The largest absolute Gasteiger partial charge is 0.340 e. The van der Waals surface area contributed by atoms with Gasteiger partial charge in [0.05, 0.1) is 11.9 Å². The highest BCUT2D eigenvalue weighted by molar-refractivity contribution is 7.89. The first-order valence-electron chi connectivity index (χ1n) is 11.1. The molecular weight excluding hydrogens is 464 g/mol. The predicted molar refractivity (Wildman–Crippen MR) is 133 cm³/mol. The molecule has 0 unspecified atom stereocenters. The molecule has 0 spiro atoms. The third kappa shape index (κ3) is 5.08. The van der Waals surface area contributed by atoms with Crippen molar-refractivity contribution in [3.05, 3.63) is 71.0 Å². The average molecular weight is 489 g/mol. The summed E-state index contributed by atoms with van der Waals surface area (Å²) in [5.74, 6) is 2.02. The van der Waals surface area contributed by atoms with Gasteiger partial charge >= 0.3 is 0 Å². The van der Waals surface area contributed by atoms with E-state index in [0.717, 1.165) is 29.5 Å². The molecule has 0 saturated heterocycles. The highest BCUT2D eigenvalue weighted by atomic mass is 32.2. The SMILES string of the molecule is CS(=O)(=O)Cc1cc(Nc2cc(Nc3ccc(CN)cn3)n3ncc(C#N)c3n2)ccc1C1CC1. The van der Waals surface area contributed by atoms with Crippen LogP contribution in [0.15, 0.2) is 48.8 Å². The summed E-state index contributed by atoms with van der Waals surface area (Å²) < 4.78 is 25.6. The van der Waals surface area contributed by atoms with Gasteiger partial charge in [0.25, 0.3) is 0 Å². The maximum atomic E-state index is 12.0. The minimum atomic E-state index is -3.19. The fourth-order valence-electron chi connectivity index (χ4n) is 3.98. The van der Waals surface area contributed by atoms with E-state index in [0.29, 0.717) is 46.8 Å². The van der Waals surface area contributed by atoms with Crippen molar-refractivity contribution in [2.45, 2.75) is 31.1 Å². The minimum absolute atomic E-state index is 0.0146. The standard InChI is InChI=1S/C24H24N8O2S/c1-35(33,34)14-17-8-19(5-6-20(17)16-3-4-16)29-22-9-23(30-21-7-2-15(10-25)12-27-21)32-24(31-22)18(11-26)13-28-32/h2,5-9,12-13,16H,3-4,10,14,25H2,1H3,(H,27,30)(H,29,31). The second kappa shape index (κ2) is 8.98. The lowest BCUT2D eigenvalue weighted by molar-refractivity contribution is 0.601. The summed E-state index contributed by atoms with van der Waals surface area (Å²) in [7, 11) is -3.19. The van der Waals surface area contributed by atoms with Crippen molar-refractivity contribution in [1.82, 2.24) is 19.6 Å². The molecule has 10 nitrogen and oxygen atoms in total. The fourth-order valence-corrected chi connectivity index (χ4v) is 4.79. The summed E-state index contributed by atoms with van der Waals surface area (Å²) in [6, 6.07) is 13.3. The number of fused-ring (bicyclic) bond motifs is 1. The third-order valence-corrected chi connectivity index (χ3v) is 6.59. The molecule has 1 aliphatic rings. The van der Waals surface area contributed by atoms with Crippen molar-refractivity contribution < 1.29 is 8.42 Å². The molecule has 4 aromatic rings. The first-order chi connectivity index (χ1) is 16.8. The maximum Gasteiger partial charge on any atom is 0.177 e. The quantitative estimate of drug-likeness (QED) is 0.339. The molecule has 0 atom stereocenters. The van der Waals surface area contributed by atoms with Crippen molar-refractivity contribution >= 4 is 38.6 Å². The Morgan fingerprint density at radius 3 is 2.63 bits per heavy atom. The molecule has 0 amide bonds. The molecule has 1 aliphatic carbocycles. The number of nitrogens with one attached hydrogen (secondary N) is 2. The number of anilines is 4. The molecule has 11 heteroatoms. The molecule has 3 heterocycles. The van der Waals surface area contributed by atoms with Crippen LogP contribution in [0.4, 0.5) is 23.1 Å². The van der Waals surface area contributed by atoms with Crippen molar-refractivity contribution in [2.75, 3.05) is 16.9 Å². The van der Waals surface area contributed by atoms with Gasteiger partial charge in [0.15, 0.2) is 15.5 Å². The molecule has 4 N–H and O–H groups in total. The van der Waals surface area contributed by atoms with Crippen LogP contribution in [0.1, 0.15) is 41.0 Å². The molecule has 178 valence electrons. The number of nitriles is 1. The van der Waals surface area contributed by atoms with Crippen molar-refractivity contribution in [3.8, 4) is 6.07 Å². The van der Waals surface area contributed by atoms with Crippen LogP contribution in [-0.4, -0.2) is 34.3 Å². The van der Waals surface area contributed by atoms with Crippen LogP contribution in [0, 0.1) is 11.3 Å². The Hall–Kier alpha value is -4.01. The number of benzene rings is 1. The Morgan fingerprint density at radius 1 is 1.14 bits per heavy atom. The van der Waals surface area contributed by atoms with Gasteiger partial charge in [-0.15, -0.1) is 0 Å². The van der Waals surface area contributed by atoms with E-state index in [9.17, 15) is 13.7 Å². The topological polar surface area (TPSA) is 151 Å². The zero-order valence-electron chi connectivity index (χ0n) is 19.1. The number of nitrogens with zero attached hydrogens (tertiary/aromatic N) is 5. The smallest absolute Gasteiger partial charge is 0.177 e. The Labute approximate surface area is 202 Å². The zero-order valence-corrected chi connectivity index (χ0v) is 19.9. The van der Waals surface area contributed by atoms with Gasteiger partial charge in [-0.3, -0.25) is 0 Å². The van der Waals surface area contributed by atoms with Gasteiger partial charge in [-0.1, -0.05) is 12.1 Å². The van der Waals surface area contributed by atoms with Gasteiger partial charge in [0.1, 0.15) is 29.1 Å². The summed E-state index contributed by atoms with van der Waals surface area (Å²) in [6.07, 6.45) is 6.55. The van der Waals surface area contributed by atoms with Crippen LogP contribution in [0.3, 0.4) is 0 Å². The van der Waals surface area contributed by atoms with Crippen LogP contribution >= 0.6 is 0 Å². The Bertz CT molecular complexity index is 1550. The van der Waals surface area contributed by atoms with Gasteiger partial charge in [0.2, 0.25) is 0 Å². The Balaban J connectivity index is 1.51. The number of nitrogens with two attached hydrogens (primary N) is 1. The maximum absolute atomic E-state index is 12.0. The normalized spacial score (nSPS) is 13.5.